The average molecular weight is 920 g/mol. The van der Waals surface area contributed by atoms with Gasteiger partial charge in [-0.05, 0) is 44.9 Å². The van der Waals surface area contributed by atoms with Crippen LogP contribution in [0, 0.1) is 0 Å². The van der Waals surface area contributed by atoms with Gasteiger partial charge in [-0.15, -0.1) is 0 Å². The van der Waals surface area contributed by atoms with Gasteiger partial charge in [-0.3, -0.25) is 4.79 Å². The molecule has 1 aliphatic heterocycles. The summed E-state index contributed by atoms with van der Waals surface area (Å²) in [5.41, 5.74) is 0. The van der Waals surface area contributed by atoms with Crippen LogP contribution in [0.4, 0.5) is 0 Å². The second-order valence-electron chi connectivity index (χ2n) is 19.4. The molecule has 1 fully saturated rings. The summed E-state index contributed by atoms with van der Waals surface area (Å²) in [6, 6.07) is -0.825. The summed E-state index contributed by atoms with van der Waals surface area (Å²) in [6.45, 7) is 3.75. The number of rotatable bonds is 47. The first-order valence-corrected chi connectivity index (χ1v) is 27.7. The summed E-state index contributed by atoms with van der Waals surface area (Å²) >= 11 is 0. The summed E-state index contributed by atoms with van der Waals surface area (Å²) < 4.78 is 11.2. The molecule has 0 aromatic carbocycles. The third kappa shape index (κ3) is 36.1. The van der Waals surface area contributed by atoms with E-state index in [1.54, 1.807) is 6.08 Å². The SMILES string of the molecule is CCCCCC/C=C/CC/C=C/CC/C=C/C(O)C(COC1OC(CO)C(O)C(O)C1O)NC(=O)CCCCCCCCCCCCCCCCCCCCCCCCCCCCCC. The van der Waals surface area contributed by atoms with Crippen molar-refractivity contribution in [2.75, 3.05) is 13.2 Å². The molecule has 0 spiro atoms. The highest BCUT2D eigenvalue weighted by Gasteiger charge is 2.44. The molecular formula is C56H105NO8. The van der Waals surface area contributed by atoms with Gasteiger partial charge in [0.25, 0.3) is 0 Å². The monoisotopic (exact) mass is 920 g/mol. The van der Waals surface area contributed by atoms with E-state index in [1.807, 2.05) is 6.08 Å². The molecule has 1 heterocycles. The number of hydrogen-bond donors (Lipinski definition) is 6. The van der Waals surface area contributed by atoms with Crippen LogP contribution in [0.2, 0.25) is 0 Å². The maximum atomic E-state index is 13.0. The van der Waals surface area contributed by atoms with E-state index in [1.165, 1.54) is 186 Å². The zero-order chi connectivity index (χ0) is 47.3. The van der Waals surface area contributed by atoms with Gasteiger partial charge in [0.1, 0.15) is 24.4 Å². The van der Waals surface area contributed by atoms with Gasteiger partial charge >= 0.3 is 0 Å². The summed E-state index contributed by atoms with van der Waals surface area (Å²) in [7, 11) is 0. The van der Waals surface area contributed by atoms with E-state index in [4.69, 9.17) is 9.47 Å². The van der Waals surface area contributed by atoms with E-state index in [9.17, 15) is 30.3 Å². The minimum Gasteiger partial charge on any atom is -0.394 e. The Balaban J connectivity index is 2.18. The van der Waals surface area contributed by atoms with Crippen LogP contribution in [0.1, 0.15) is 258 Å². The highest BCUT2D eigenvalue weighted by Crippen LogP contribution is 2.23. The number of carbonyl (C=O) groups is 1. The van der Waals surface area contributed by atoms with E-state index in [0.717, 1.165) is 51.4 Å². The molecule has 1 rings (SSSR count). The van der Waals surface area contributed by atoms with E-state index < -0.39 is 49.5 Å². The molecule has 382 valence electrons. The van der Waals surface area contributed by atoms with Gasteiger partial charge in [0.15, 0.2) is 6.29 Å². The van der Waals surface area contributed by atoms with Crippen LogP contribution in [0.15, 0.2) is 36.5 Å². The van der Waals surface area contributed by atoms with Crippen molar-refractivity contribution < 1.29 is 39.8 Å². The maximum absolute atomic E-state index is 13.0. The fourth-order valence-electron chi connectivity index (χ4n) is 8.78. The van der Waals surface area contributed by atoms with Crippen molar-refractivity contribution in [3.63, 3.8) is 0 Å². The molecule has 0 aromatic heterocycles. The summed E-state index contributed by atoms with van der Waals surface area (Å²) in [5.74, 6) is -0.187. The van der Waals surface area contributed by atoms with Crippen LogP contribution in [-0.4, -0.2) is 87.5 Å². The summed E-state index contributed by atoms with van der Waals surface area (Å²) in [4.78, 5) is 13.0. The van der Waals surface area contributed by atoms with Gasteiger partial charge in [-0.1, -0.05) is 243 Å². The fraction of sp³-hybridized carbons (Fsp3) is 0.875. The maximum Gasteiger partial charge on any atom is 0.220 e. The number of hydrogen-bond acceptors (Lipinski definition) is 8. The lowest BCUT2D eigenvalue weighted by molar-refractivity contribution is -0.302. The molecule has 6 N–H and O–H groups in total. The molecule has 65 heavy (non-hydrogen) atoms. The summed E-state index contributed by atoms with van der Waals surface area (Å²) in [5, 5.41) is 54.3. The topological polar surface area (TPSA) is 149 Å². The van der Waals surface area contributed by atoms with Gasteiger partial charge in [0.05, 0.1) is 25.4 Å². The average Bonchev–Trinajstić information content (AvgIpc) is 3.31. The van der Waals surface area contributed by atoms with Crippen LogP contribution in [0.3, 0.4) is 0 Å². The Bertz CT molecular complexity index is 1110. The fourth-order valence-corrected chi connectivity index (χ4v) is 8.78. The van der Waals surface area contributed by atoms with E-state index in [2.05, 4.69) is 43.5 Å². The number of aliphatic hydroxyl groups excluding tert-OH is 5. The van der Waals surface area contributed by atoms with Crippen molar-refractivity contribution in [3.05, 3.63) is 36.5 Å². The van der Waals surface area contributed by atoms with Crippen LogP contribution in [0.25, 0.3) is 0 Å². The van der Waals surface area contributed by atoms with Crippen LogP contribution < -0.4 is 5.32 Å². The molecule has 0 radical (unpaired) electrons. The molecule has 0 aromatic rings. The number of amides is 1. The summed E-state index contributed by atoms with van der Waals surface area (Å²) in [6.07, 6.45) is 52.2. The Hall–Kier alpha value is -1.59. The minimum absolute atomic E-state index is 0.187. The Morgan fingerprint density at radius 1 is 0.508 bits per heavy atom. The highest BCUT2D eigenvalue weighted by atomic mass is 16.7. The van der Waals surface area contributed by atoms with E-state index in [0.29, 0.717) is 6.42 Å². The minimum atomic E-state index is -1.57. The smallest absolute Gasteiger partial charge is 0.220 e. The molecule has 0 aliphatic carbocycles. The van der Waals surface area contributed by atoms with Gasteiger partial charge in [-0.25, -0.2) is 0 Å². The Morgan fingerprint density at radius 2 is 0.877 bits per heavy atom. The van der Waals surface area contributed by atoms with Crippen molar-refractivity contribution in [1.82, 2.24) is 5.32 Å². The molecule has 0 saturated carbocycles. The van der Waals surface area contributed by atoms with Gasteiger partial charge in [0.2, 0.25) is 5.91 Å². The van der Waals surface area contributed by atoms with Crippen molar-refractivity contribution in [2.45, 2.75) is 301 Å². The first-order chi connectivity index (χ1) is 31.8. The van der Waals surface area contributed by atoms with E-state index in [-0.39, 0.29) is 12.5 Å². The number of allylic oxidation sites excluding steroid dienone is 5. The van der Waals surface area contributed by atoms with Crippen LogP contribution in [0.5, 0.6) is 0 Å². The Morgan fingerprint density at radius 3 is 1.29 bits per heavy atom. The molecule has 7 unspecified atom stereocenters. The molecule has 1 saturated heterocycles. The molecule has 0 bridgehead atoms. The van der Waals surface area contributed by atoms with E-state index >= 15 is 0 Å². The Kier molecular flexibility index (Phi) is 43.6. The Labute approximate surface area is 400 Å². The highest BCUT2D eigenvalue weighted by molar-refractivity contribution is 5.76. The molecule has 7 atom stereocenters. The first-order valence-electron chi connectivity index (χ1n) is 27.7. The third-order valence-corrected chi connectivity index (χ3v) is 13.2. The van der Waals surface area contributed by atoms with Crippen molar-refractivity contribution in [3.8, 4) is 0 Å². The molecule has 9 heteroatoms. The quantitative estimate of drug-likeness (QED) is 0.0261. The van der Waals surface area contributed by atoms with Gasteiger partial charge in [0, 0.05) is 6.42 Å². The normalized spacial score (nSPS) is 20.1. The number of unbranched alkanes of at least 4 members (excludes halogenated alkanes) is 33. The standard InChI is InChI=1S/C56H105NO8/c1-3-5-7-9-11-13-15-17-19-20-21-22-23-24-25-26-27-28-29-30-31-32-34-36-38-40-42-44-46-52(60)57-49(48-64-56-55(63)54(62)53(61)51(47-58)65-56)50(59)45-43-41-39-37-35-33-18-16-14-12-10-8-6-4-2/h14,16,35,37,43,45,49-51,53-56,58-59,61-63H,3-13,15,17-34,36,38-42,44,46-48H2,1-2H3,(H,57,60)/b16-14+,37-35+,45-43+. The third-order valence-electron chi connectivity index (χ3n) is 13.2. The number of carbonyl (C=O) groups excluding carboxylic acids is 1. The number of aliphatic hydroxyl groups is 5. The molecule has 9 nitrogen and oxygen atoms in total. The lowest BCUT2D eigenvalue weighted by Gasteiger charge is -2.40. The molecule has 1 aliphatic rings. The first kappa shape index (κ1) is 61.4. The predicted molar refractivity (Wildman–Crippen MR) is 272 cm³/mol. The van der Waals surface area contributed by atoms with Crippen molar-refractivity contribution in [1.29, 1.82) is 0 Å². The zero-order valence-electron chi connectivity index (χ0n) is 42.3. The second kappa shape index (κ2) is 46.2. The van der Waals surface area contributed by atoms with Crippen LogP contribution >= 0.6 is 0 Å². The number of nitrogens with one attached hydrogen (secondary N) is 1. The lowest BCUT2D eigenvalue weighted by atomic mass is 9.99. The molecular weight excluding hydrogens is 815 g/mol. The van der Waals surface area contributed by atoms with Crippen LogP contribution in [-0.2, 0) is 14.3 Å². The van der Waals surface area contributed by atoms with Crippen molar-refractivity contribution >= 4 is 5.91 Å². The molecule has 1 amide bonds. The second-order valence-corrected chi connectivity index (χ2v) is 19.4. The lowest BCUT2D eigenvalue weighted by Crippen LogP contribution is -2.60. The van der Waals surface area contributed by atoms with Gasteiger partial charge < -0.3 is 40.3 Å². The zero-order valence-corrected chi connectivity index (χ0v) is 42.3. The number of ether oxygens (including phenoxy) is 2. The van der Waals surface area contributed by atoms with Crippen molar-refractivity contribution in [2.24, 2.45) is 0 Å². The predicted octanol–water partition coefficient (Wildman–Crippen LogP) is 13.2. The van der Waals surface area contributed by atoms with Gasteiger partial charge in [-0.2, -0.15) is 0 Å². The largest absolute Gasteiger partial charge is 0.394 e.